The van der Waals surface area contributed by atoms with Crippen molar-refractivity contribution in [1.82, 2.24) is 20.9 Å². The van der Waals surface area contributed by atoms with Crippen molar-refractivity contribution in [1.29, 1.82) is 5.26 Å². The second kappa shape index (κ2) is 10.5. The van der Waals surface area contributed by atoms with Crippen molar-refractivity contribution >= 4 is 33.7 Å². The lowest BCUT2D eigenvalue weighted by atomic mass is 9.85. The van der Waals surface area contributed by atoms with E-state index in [0.717, 1.165) is 43.6 Å². The van der Waals surface area contributed by atoms with Crippen LogP contribution in [0.25, 0.3) is 0 Å². The molecular formula is C26H38F3N5O4S. The monoisotopic (exact) mass is 573 g/mol. The Labute approximate surface area is 228 Å². The molecular weight excluding hydrogens is 535 g/mol. The van der Waals surface area contributed by atoms with E-state index in [0.29, 0.717) is 12.2 Å². The van der Waals surface area contributed by atoms with E-state index < -0.39 is 63.4 Å². The maximum absolute atomic E-state index is 13.8. The van der Waals surface area contributed by atoms with Crippen molar-refractivity contribution in [3.63, 3.8) is 0 Å². The third kappa shape index (κ3) is 6.47. The number of nitrogens with zero attached hydrogens (tertiary/aromatic N) is 2. The Morgan fingerprint density at radius 1 is 1.15 bits per heavy atom. The third-order valence-electron chi connectivity index (χ3n) is 8.51. The smallest absolute Gasteiger partial charge is 0.350 e. The van der Waals surface area contributed by atoms with Gasteiger partial charge in [-0.3, -0.25) is 19.2 Å². The fourth-order valence-corrected chi connectivity index (χ4v) is 10.4. The van der Waals surface area contributed by atoms with Crippen LogP contribution >= 0.6 is 10.0 Å². The van der Waals surface area contributed by atoms with E-state index in [2.05, 4.69) is 16.7 Å². The first-order chi connectivity index (χ1) is 18.1. The number of piperidine rings is 1. The number of nitrogens with one attached hydrogen (secondary N) is 3. The first kappa shape index (κ1) is 29.5. The Kier molecular flexibility index (Phi) is 7.93. The normalized spacial score (nSPS) is 27.8. The molecule has 0 bridgehead atoms. The molecule has 0 radical (unpaired) electrons. The topological polar surface area (TPSA) is 131 Å². The largest absolute Gasteiger partial charge is 0.471 e. The molecule has 1 aliphatic carbocycles. The second-order valence-corrected chi connectivity index (χ2v) is 16.5. The molecule has 3 heterocycles. The van der Waals surface area contributed by atoms with Gasteiger partial charge in [-0.05, 0) is 61.9 Å². The minimum atomic E-state index is -5.16. The summed E-state index contributed by atoms with van der Waals surface area (Å²) < 4.78 is 39.2. The third-order valence-corrected chi connectivity index (χ3v) is 12.7. The molecule has 4 atom stereocenters. The predicted octanol–water partition coefficient (Wildman–Crippen LogP) is 2.30. The van der Waals surface area contributed by atoms with Crippen molar-refractivity contribution in [2.24, 2.45) is 11.3 Å². The molecule has 4 amide bonds. The molecule has 4 fully saturated rings. The molecule has 9 nitrogen and oxygen atoms in total. The lowest BCUT2D eigenvalue weighted by Crippen LogP contribution is -2.60. The van der Waals surface area contributed by atoms with Gasteiger partial charge in [0.15, 0.2) is 0 Å². The molecule has 39 heavy (non-hydrogen) atoms. The summed E-state index contributed by atoms with van der Waals surface area (Å²) in [7, 11) is -1.37. The van der Waals surface area contributed by atoms with Crippen molar-refractivity contribution < 1.29 is 32.3 Å². The lowest BCUT2D eigenvalue weighted by Gasteiger charge is -2.36. The first-order valence-electron chi connectivity index (χ1n) is 13.5. The number of hydrogen-bond donors (Lipinski definition) is 3. The van der Waals surface area contributed by atoms with Crippen LogP contribution in [0.15, 0.2) is 0 Å². The zero-order valence-electron chi connectivity index (χ0n) is 22.7. The molecule has 4 unspecified atom stereocenters. The van der Waals surface area contributed by atoms with E-state index in [1.807, 2.05) is 5.32 Å². The van der Waals surface area contributed by atoms with Crippen LogP contribution < -0.4 is 16.0 Å². The summed E-state index contributed by atoms with van der Waals surface area (Å²) in [6.45, 7) is 4.67. The Hall–Kier alpha value is -2.49. The molecule has 0 aromatic heterocycles. The summed E-state index contributed by atoms with van der Waals surface area (Å²) in [5.74, 6) is -1.58. The Morgan fingerprint density at radius 2 is 1.79 bits per heavy atom. The van der Waals surface area contributed by atoms with Gasteiger partial charge in [0.1, 0.15) is 18.1 Å². The number of carbonyl (C=O) groups excluding carboxylic acids is 4. The Bertz CT molecular complexity index is 1060. The SMILES string of the molecule is CC(C)(C)C(NC(=O)C(F)(F)F)C(=O)N1CS2(CCCC2)CC1C(=O)NC(C#N)CC1CCC2(CC2)NC1=O. The maximum atomic E-state index is 13.8. The molecule has 218 valence electrons. The van der Waals surface area contributed by atoms with Crippen LogP contribution in [0.1, 0.15) is 65.7 Å². The molecule has 0 aromatic carbocycles. The molecule has 0 aromatic rings. The summed E-state index contributed by atoms with van der Waals surface area (Å²) in [6, 6.07) is -1.33. The van der Waals surface area contributed by atoms with E-state index in [1.165, 1.54) is 4.90 Å². The molecule has 3 N–H and O–H groups in total. The highest BCUT2D eigenvalue weighted by Gasteiger charge is 2.52. The van der Waals surface area contributed by atoms with Gasteiger partial charge in [-0.2, -0.15) is 18.4 Å². The fourth-order valence-electron chi connectivity index (χ4n) is 5.99. The fraction of sp³-hybridized carbons (Fsp3) is 0.808. The van der Waals surface area contributed by atoms with Gasteiger partial charge in [-0.1, -0.05) is 20.8 Å². The molecule has 2 spiro atoms. The molecule has 3 aliphatic heterocycles. The molecule has 13 heteroatoms. The van der Waals surface area contributed by atoms with Gasteiger partial charge in [0, 0.05) is 17.2 Å². The van der Waals surface area contributed by atoms with Gasteiger partial charge in [0.05, 0.1) is 11.9 Å². The summed E-state index contributed by atoms with van der Waals surface area (Å²) in [5.41, 5.74) is -1.14. The summed E-state index contributed by atoms with van der Waals surface area (Å²) in [5, 5.41) is 17.4. The van der Waals surface area contributed by atoms with Gasteiger partial charge in [0.25, 0.3) is 0 Å². The van der Waals surface area contributed by atoms with Gasteiger partial charge in [0.2, 0.25) is 17.7 Å². The number of rotatable bonds is 6. The average molecular weight is 574 g/mol. The van der Waals surface area contributed by atoms with Gasteiger partial charge >= 0.3 is 12.1 Å². The quantitative estimate of drug-likeness (QED) is 0.449. The molecule has 3 saturated heterocycles. The lowest BCUT2D eigenvalue weighted by molar-refractivity contribution is -0.176. The summed E-state index contributed by atoms with van der Waals surface area (Å²) in [4.78, 5) is 53.0. The zero-order chi connectivity index (χ0) is 28.8. The molecule has 4 aliphatic rings. The van der Waals surface area contributed by atoms with Crippen LogP contribution in [-0.2, 0) is 19.2 Å². The van der Waals surface area contributed by atoms with Gasteiger partial charge in [-0.25, -0.2) is 10.0 Å². The second-order valence-electron chi connectivity index (χ2n) is 12.7. The number of halogens is 3. The average Bonchev–Trinajstić information content (AvgIpc) is 3.25. The van der Waals surface area contributed by atoms with E-state index >= 15 is 0 Å². The summed E-state index contributed by atoms with van der Waals surface area (Å²) >= 11 is 0. The minimum Gasteiger partial charge on any atom is -0.350 e. The van der Waals surface area contributed by atoms with Crippen molar-refractivity contribution in [3.05, 3.63) is 0 Å². The molecule has 1 saturated carbocycles. The van der Waals surface area contributed by atoms with Crippen LogP contribution in [0.3, 0.4) is 0 Å². The van der Waals surface area contributed by atoms with Crippen molar-refractivity contribution in [3.8, 4) is 6.07 Å². The maximum Gasteiger partial charge on any atom is 0.471 e. The first-order valence-corrected chi connectivity index (χ1v) is 15.8. The number of nitriles is 1. The number of carbonyl (C=O) groups is 4. The minimum absolute atomic E-state index is 0.0901. The van der Waals surface area contributed by atoms with E-state index in [-0.39, 0.29) is 23.7 Å². The van der Waals surface area contributed by atoms with Crippen LogP contribution in [0.5, 0.6) is 0 Å². The standard InChI is InChI=1S/C26H38F3N5O4S/c1-24(2,3)19(32-23(38)26(27,28)29)22(37)34-15-39(10-4-5-11-39)14-18(34)21(36)31-17(13-30)12-16-6-7-25(8-9-25)33-20(16)35/h16-19H,4-12,14-15H2,1-3H3,(H,31,36)(H,32,38)(H,33,35). The van der Waals surface area contributed by atoms with E-state index in [9.17, 15) is 37.6 Å². The highest BCUT2D eigenvalue weighted by molar-refractivity contribution is 8.34. The van der Waals surface area contributed by atoms with Crippen molar-refractivity contribution in [2.75, 3.05) is 23.1 Å². The number of amides is 4. The van der Waals surface area contributed by atoms with E-state index in [1.54, 1.807) is 20.8 Å². The zero-order valence-corrected chi connectivity index (χ0v) is 23.5. The molecule has 4 rings (SSSR count). The highest BCUT2D eigenvalue weighted by Crippen LogP contribution is 2.59. The number of alkyl halides is 3. The van der Waals surface area contributed by atoms with Gasteiger partial charge in [-0.15, -0.1) is 0 Å². The van der Waals surface area contributed by atoms with Crippen LogP contribution in [0.2, 0.25) is 0 Å². The van der Waals surface area contributed by atoms with Gasteiger partial charge < -0.3 is 20.9 Å². The number of hydrogen-bond acceptors (Lipinski definition) is 5. The van der Waals surface area contributed by atoms with Crippen LogP contribution in [0.4, 0.5) is 13.2 Å². The van der Waals surface area contributed by atoms with Crippen LogP contribution in [0, 0.1) is 22.7 Å². The summed E-state index contributed by atoms with van der Waals surface area (Å²) in [6.07, 6.45) is 0.286. The predicted molar refractivity (Wildman–Crippen MR) is 139 cm³/mol. The Morgan fingerprint density at radius 3 is 2.31 bits per heavy atom. The van der Waals surface area contributed by atoms with E-state index in [4.69, 9.17) is 0 Å². The highest BCUT2D eigenvalue weighted by atomic mass is 32.3. The Balaban J connectivity index is 1.50. The van der Waals surface area contributed by atoms with Crippen molar-refractivity contribution in [2.45, 2.75) is 95.6 Å². The van der Waals surface area contributed by atoms with Crippen LogP contribution in [-0.4, -0.2) is 81.5 Å².